The van der Waals surface area contributed by atoms with Crippen LogP contribution >= 0.6 is 0 Å². The zero-order chi connectivity index (χ0) is 13.0. The molecule has 1 aromatic heterocycles. The molecular formula is C14H20N4. The molecule has 0 amide bonds. The van der Waals surface area contributed by atoms with Gasteiger partial charge < -0.3 is 16.0 Å². The Morgan fingerprint density at radius 1 is 1.33 bits per heavy atom. The fourth-order valence-corrected chi connectivity index (χ4v) is 2.10. The molecule has 0 aliphatic heterocycles. The first kappa shape index (κ1) is 12.6. The smallest absolute Gasteiger partial charge is 0.0955 e. The maximum absolute atomic E-state index is 5.98. The van der Waals surface area contributed by atoms with E-state index in [9.17, 15) is 0 Å². The lowest BCUT2D eigenvalue weighted by Crippen LogP contribution is -2.22. The van der Waals surface area contributed by atoms with Crippen LogP contribution in [0.25, 0.3) is 10.9 Å². The summed E-state index contributed by atoms with van der Waals surface area (Å²) in [6, 6.07) is 7.93. The van der Waals surface area contributed by atoms with E-state index in [1.807, 2.05) is 37.5 Å². The number of hydrogen-bond donors (Lipinski definition) is 2. The van der Waals surface area contributed by atoms with Crippen molar-refractivity contribution in [2.45, 2.75) is 6.42 Å². The number of aromatic nitrogens is 1. The lowest BCUT2D eigenvalue weighted by Gasteiger charge is -2.21. The Bertz CT molecular complexity index is 524. The predicted molar refractivity (Wildman–Crippen MR) is 78.0 cm³/mol. The summed E-state index contributed by atoms with van der Waals surface area (Å²) in [7, 11) is 4.06. The van der Waals surface area contributed by atoms with E-state index in [0.29, 0.717) is 0 Å². The van der Waals surface area contributed by atoms with Crippen LogP contribution in [-0.2, 0) is 0 Å². The lowest BCUT2D eigenvalue weighted by molar-refractivity contribution is 0.713. The number of fused-ring (bicyclic) bond motifs is 1. The third-order valence-electron chi connectivity index (χ3n) is 3.11. The third kappa shape index (κ3) is 2.54. The van der Waals surface area contributed by atoms with E-state index in [0.717, 1.165) is 41.8 Å². The maximum Gasteiger partial charge on any atom is 0.0955 e. The Hall–Kier alpha value is -1.81. The minimum absolute atomic E-state index is 0.783. The first-order valence-corrected chi connectivity index (χ1v) is 6.23. The molecule has 0 aliphatic carbocycles. The van der Waals surface area contributed by atoms with Crippen LogP contribution in [0, 0.1) is 0 Å². The van der Waals surface area contributed by atoms with Gasteiger partial charge in [0.05, 0.1) is 11.2 Å². The first-order chi connectivity index (χ1) is 8.74. The maximum atomic E-state index is 5.98. The van der Waals surface area contributed by atoms with Crippen LogP contribution in [0.1, 0.15) is 6.42 Å². The minimum atomic E-state index is 0.783. The highest BCUT2D eigenvalue weighted by Crippen LogP contribution is 2.28. The van der Waals surface area contributed by atoms with E-state index in [-0.39, 0.29) is 0 Å². The molecule has 0 saturated heterocycles. The summed E-state index contributed by atoms with van der Waals surface area (Å²) in [6.45, 7) is 2.01. The quantitative estimate of drug-likeness (QED) is 0.622. The highest BCUT2D eigenvalue weighted by molar-refractivity contribution is 5.98. The molecule has 1 heterocycles. The van der Waals surface area contributed by atoms with E-state index in [2.05, 4.69) is 22.2 Å². The van der Waals surface area contributed by atoms with Crippen molar-refractivity contribution in [1.29, 1.82) is 0 Å². The van der Waals surface area contributed by atoms with E-state index < -0.39 is 0 Å². The molecule has 4 heteroatoms. The van der Waals surface area contributed by atoms with Gasteiger partial charge in [-0.15, -0.1) is 0 Å². The molecule has 96 valence electrons. The van der Waals surface area contributed by atoms with Gasteiger partial charge in [-0.25, -0.2) is 0 Å². The molecule has 0 bridgehead atoms. The molecule has 0 aliphatic rings. The van der Waals surface area contributed by atoms with Crippen LogP contribution in [-0.4, -0.2) is 32.2 Å². The fraction of sp³-hybridized carbons (Fsp3) is 0.357. The van der Waals surface area contributed by atoms with Gasteiger partial charge in [-0.1, -0.05) is 0 Å². The van der Waals surface area contributed by atoms with Crippen LogP contribution in [0.5, 0.6) is 0 Å². The second kappa shape index (κ2) is 5.69. The van der Waals surface area contributed by atoms with Gasteiger partial charge in [0.2, 0.25) is 0 Å². The van der Waals surface area contributed by atoms with Crippen molar-refractivity contribution in [3.05, 3.63) is 30.5 Å². The largest absolute Gasteiger partial charge is 0.398 e. The number of nitrogen functional groups attached to an aromatic ring is 1. The van der Waals surface area contributed by atoms with Crippen molar-refractivity contribution in [2.75, 3.05) is 37.8 Å². The zero-order valence-electron chi connectivity index (χ0n) is 11.0. The van der Waals surface area contributed by atoms with Gasteiger partial charge in [-0.3, -0.25) is 4.98 Å². The van der Waals surface area contributed by atoms with Crippen molar-refractivity contribution in [3.63, 3.8) is 0 Å². The average molecular weight is 244 g/mol. The van der Waals surface area contributed by atoms with Gasteiger partial charge in [-0.2, -0.15) is 0 Å². The number of nitrogens with two attached hydrogens (primary N) is 1. The lowest BCUT2D eigenvalue weighted by atomic mass is 10.1. The molecule has 4 nitrogen and oxygen atoms in total. The molecule has 0 spiro atoms. The van der Waals surface area contributed by atoms with Gasteiger partial charge in [0.15, 0.2) is 0 Å². The number of pyridine rings is 1. The van der Waals surface area contributed by atoms with Crippen LogP contribution in [0.2, 0.25) is 0 Å². The number of hydrogen-bond acceptors (Lipinski definition) is 4. The van der Waals surface area contributed by atoms with Gasteiger partial charge in [-0.05, 0) is 44.3 Å². The molecule has 18 heavy (non-hydrogen) atoms. The summed E-state index contributed by atoms with van der Waals surface area (Å²) in [5.74, 6) is 0. The normalized spacial score (nSPS) is 10.8. The zero-order valence-corrected chi connectivity index (χ0v) is 11.0. The van der Waals surface area contributed by atoms with E-state index in [4.69, 9.17) is 5.73 Å². The van der Waals surface area contributed by atoms with Crippen molar-refractivity contribution in [1.82, 2.24) is 10.3 Å². The fourth-order valence-electron chi connectivity index (χ4n) is 2.10. The predicted octanol–water partition coefficient (Wildman–Crippen LogP) is 1.86. The summed E-state index contributed by atoms with van der Waals surface area (Å²) < 4.78 is 0. The highest BCUT2D eigenvalue weighted by Gasteiger charge is 2.08. The van der Waals surface area contributed by atoms with Crippen molar-refractivity contribution in [2.24, 2.45) is 0 Å². The molecular weight excluding hydrogens is 224 g/mol. The van der Waals surface area contributed by atoms with Gasteiger partial charge >= 0.3 is 0 Å². The summed E-state index contributed by atoms with van der Waals surface area (Å²) >= 11 is 0. The molecule has 2 aromatic rings. The molecule has 3 N–H and O–H groups in total. The van der Waals surface area contributed by atoms with Crippen LogP contribution in [0.3, 0.4) is 0 Å². The van der Waals surface area contributed by atoms with Gasteiger partial charge in [0.1, 0.15) is 0 Å². The highest BCUT2D eigenvalue weighted by atomic mass is 15.1. The SMILES string of the molecule is CNCCCN(C)c1ccc(N)c2cccnc12. The Morgan fingerprint density at radius 2 is 2.17 bits per heavy atom. The Morgan fingerprint density at radius 3 is 2.94 bits per heavy atom. The van der Waals surface area contributed by atoms with Crippen LogP contribution < -0.4 is 16.0 Å². The topological polar surface area (TPSA) is 54.2 Å². The Kier molecular flexibility index (Phi) is 3.99. The van der Waals surface area contributed by atoms with Crippen molar-refractivity contribution in [3.8, 4) is 0 Å². The summed E-state index contributed by atoms with van der Waals surface area (Å²) in [6.07, 6.45) is 2.92. The molecule has 0 unspecified atom stereocenters. The number of rotatable bonds is 5. The summed E-state index contributed by atoms with van der Waals surface area (Å²) in [5.41, 5.74) is 8.87. The van der Waals surface area contributed by atoms with E-state index in [1.165, 1.54) is 0 Å². The van der Waals surface area contributed by atoms with Crippen molar-refractivity contribution < 1.29 is 0 Å². The molecule has 2 rings (SSSR count). The Balaban J connectivity index is 2.30. The van der Waals surface area contributed by atoms with Gasteiger partial charge in [0.25, 0.3) is 0 Å². The number of anilines is 2. The van der Waals surface area contributed by atoms with Crippen LogP contribution in [0.4, 0.5) is 11.4 Å². The Labute approximate surface area is 108 Å². The summed E-state index contributed by atoms with van der Waals surface area (Å²) in [5, 5.41) is 4.18. The minimum Gasteiger partial charge on any atom is -0.398 e. The van der Waals surface area contributed by atoms with Crippen molar-refractivity contribution >= 4 is 22.3 Å². The third-order valence-corrected chi connectivity index (χ3v) is 3.11. The van der Waals surface area contributed by atoms with E-state index >= 15 is 0 Å². The monoisotopic (exact) mass is 244 g/mol. The first-order valence-electron chi connectivity index (χ1n) is 6.23. The molecule has 0 radical (unpaired) electrons. The number of nitrogens with one attached hydrogen (secondary N) is 1. The molecule has 0 atom stereocenters. The molecule has 0 fully saturated rings. The average Bonchev–Trinajstić information content (AvgIpc) is 2.39. The number of benzene rings is 1. The molecule has 1 aromatic carbocycles. The number of nitrogens with zero attached hydrogens (tertiary/aromatic N) is 2. The second-order valence-corrected chi connectivity index (χ2v) is 4.45. The van der Waals surface area contributed by atoms with E-state index in [1.54, 1.807) is 0 Å². The summed E-state index contributed by atoms with van der Waals surface area (Å²) in [4.78, 5) is 6.68. The van der Waals surface area contributed by atoms with Crippen LogP contribution in [0.15, 0.2) is 30.5 Å². The molecule has 0 saturated carbocycles. The second-order valence-electron chi connectivity index (χ2n) is 4.45. The standard InChI is InChI=1S/C14H20N4/c1-16-8-4-10-18(2)13-7-6-12(15)11-5-3-9-17-14(11)13/h3,5-7,9,16H,4,8,10,15H2,1-2H3. The van der Waals surface area contributed by atoms with Gasteiger partial charge in [0, 0.05) is 30.9 Å².